The van der Waals surface area contributed by atoms with E-state index in [9.17, 15) is 18.0 Å². The summed E-state index contributed by atoms with van der Waals surface area (Å²) in [6.45, 7) is 0. The third-order valence-electron chi connectivity index (χ3n) is 5.21. The average molecular weight is 416 g/mol. The van der Waals surface area contributed by atoms with Crippen LogP contribution < -0.4 is 5.32 Å². The van der Waals surface area contributed by atoms with Gasteiger partial charge < -0.3 is 5.32 Å². The molecule has 1 aliphatic rings. The Bertz CT molecular complexity index is 1040. The van der Waals surface area contributed by atoms with E-state index < -0.39 is 29.5 Å². The molecule has 0 aliphatic heterocycles. The van der Waals surface area contributed by atoms with Crippen LogP contribution in [0.2, 0.25) is 0 Å². The zero-order valence-electron chi connectivity index (χ0n) is 16.1. The number of tetrazole rings is 1. The minimum Gasteiger partial charge on any atom is -0.310 e. The Balaban J connectivity index is 1.61. The number of halogens is 3. The van der Waals surface area contributed by atoms with Crippen LogP contribution in [-0.2, 0) is 11.8 Å². The normalized spacial score (nSPS) is 18.9. The van der Waals surface area contributed by atoms with E-state index in [4.69, 9.17) is 0 Å². The first-order chi connectivity index (χ1) is 14.3. The van der Waals surface area contributed by atoms with Crippen molar-refractivity contribution in [1.82, 2.24) is 25.2 Å². The molecule has 1 saturated carbocycles. The molecule has 0 unspecified atom stereocenters. The highest BCUT2D eigenvalue weighted by atomic mass is 19.3. The predicted molar refractivity (Wildman–Crippen MR) is 102 cm³/mol. The van der Waals surface area contributed by atoms with Crippen molar-refractivity contribution in [1.29, 1.82) is 0 Å². The number of alkyl halides is 2. The van der Waals surface area contributed by atoms with Gasteiger partial charge in [0.25, 0.3) is 0 Å². The van der Waals surface area contributed by atoms with Crippen molar-refractivity contribution in [2.75, 3.05) is 5.32 Å². The quantitative estimate of drug-likeness (QED) is 0.687. The van der Waals surface area contributed by atoms with Gasteiger partial charge in [-0.05, 0) is 35.2 Å². The minimum atomic E-state index is -2.79. The number of pyridine rings is 1. The van der Waals surface area contributed by atoms with Gasteiger partial charge in [0.1, 0.15) is 11.6 Å². The van der Waals surface area contributed by atoms with Gasteiger partial charge in [0.15, 0.2) is 0 Å². The fourth-order valence-corrected chi connectivity index (χ4v) is 3.80. The molecule has 4 rings (SSSR count). The number of aromatic nitrogens is 5. The molecule has 2 heterocycles. The van der Waals surface area contributed by atoms with E-state index >= 15 is 0 Å². The van der Waals surface area contributed by atoms with Crippen molar-refractivity contribution in [3.05, 3.63) is 54.0 Å². The molecular weight excluding hydrogens is 397 g/mol. The second-order valence-electron chi connectivity index (χ2n) is 7.41. The summed E-state index contributed by atoms with van der Waals surface area (Å²) in [7, 11) is 1.65. The number of hydrogen-bond donors (Lipinski definition) is 1. The van der Waals surface area contributed by atoms with E-state index in [-0.39, 0.29) is 25.1 Å². The highest BCUT2D eigenvalue weighted by molar-refractivity contribution is 5.95. The van der Waals surface area contributed by atoms with Crippen LogP contribution in [0.15, 0.2) is 42.6 Å². The number of benzene rings is 1. The van der Waals surface area contributed by atoms with Crippen LogP contribution in [0.25, 0.3) is 11.4 Å². The first kappa shape index (κ1) is 20.0. The maximum atomic E-state index is 13.9. The first-order valence-electron chi connectivity index (χ1n) is 9.45. The first-order valence-corrected chi connectivity index (χ1v) is 9.45. The Morgan fingerprint density at radius 1 is 1.23 bits per heavy atom. The molecule has 0 spiro atoms. The Kier molecular flexibility index (Phi) is 5.23. The number of carbonyl (C=O) groups is 1. The highest BCUT2D eigenvalue weighted by Gasteiger charge is 2.45. The fourth-order valence-electron chi connectivity index (χ4n) is 3.80. The topological polar surface area (TPSA) is 85.6 Å². The van der Waals surface area contributed by atoms with Crippen LogP contribution in [0.4, 0.5) is 19.0 Å². The van der Waals surface area contributed by atoms with Crippen LogP contribution in [0.5, 0.6) is 0 Å². The molecule has 1 N–H and O–H groups in total. The van der Waals surface area contributed by atoms with Crippen LogP contribution in [0.3, 0.4) is 0 Å². The summed E-state index contributed by atoms with van der Waals surface area (Å²) in [4.78, 5) is 18.2. The van der Waals surface area contributed by atoms with Gasteiger partial charge in [0.2, 0.25) is 17.7 Å². The third kappa shape index (κ3) is 4.32. The number of rotatable bonds is 5. The summed E-state index contributed by atoms with van der Waals surface area (Å²) < 4.78 is 40.8. The van der Waals surface area contributed by atoms with Crippen molar-refractivity contribution in [3.8, 4) is 11.4 Å². The minimum absolute atomic E-state index is 0.163. The van der Waals surface area contributed by atoms with Crippen LogP contribution in [0.1, 0.15) is 30.7 Å². The molecule has 0 radical (unpaired) electrons. The van der Waals surface area contributed by atoms with Gasteiger partial charge in [-0.1, -0.05) is 24.3 Å². The number of nitrogens with zero attached hydrogens (tertiary/aromatic N) is 5. The Labute approximate surface area is 170 Å². The molecule has 1 aromatic carbocycles. The van der Waals surface area contributed by atoms with Crippen molar-refractivity contribution < 1.29 is 18.0 Å². The van der Waals surface area contributed by atoms with E-state index in [2.05, 4.69) is 25.7 Å². The predicted octanol–water partition coefficient (Wildman–Crippen LogP) is 3.57. The second kappa shape index (κ2) is 7.85. The summed E-state index contributed by atoms with van der Waals surface area (Å²) in [5.41, 5.74) is 1.30. The van der Waals surface area contributed by atoms with E-state index in [0.717, 1.165) is 6.20 Å². The molecule has 0 bridgehead atoms. The number of anilines is 1. The zero-order chi connectivity index (χ0) is 21.3. The van der Waals surface area contributed by atoms with Gasteiger partial charge in [-0.25, -0.2) is 18.2 Å². The lowest BCUT2D eigenvalue weighted by Crippen LogP contribution is -2.27. The molecule has 2 atom stereocenters. The fraction of sp³-hybridized carbons (Fsp3) is 0.350. The lowest BCUT2D eigenvalue weighted by atomic mass is 9.83. The van der Waals surface area contributed by atoms with Gasteiger partial charge in [-0.15, -0.1) is 10.2 Å². The summed E-state index contributed by atoms with van der Waals surface area (Å²) in [6.07, 6.45) is 0.597. The van der Waals surface area contributed by atoms with Gasteiger partial charge in [0.05, 0.1) is 19.2 Å². The molecule has 156 valence electrons. The van der Waals surface area contributed by atoms with Crippen LogP contribution >= 0.6 is 0 Å². The number of hydrogen-bond acceptors (Lipinski definition) is 5. The smallest absolute Gasteiger partial charge is 0.248 e. The highest BCUT2D eigenvalue weighted by Crippen LogP contribution is 2.45. The molecule has 1 amide bonds. The SMILES string of the molecule is Cn1nnc(-c2ccc([C@@H](C(=O)Nc3ccc(F)cn3)[C@H]3CCC(F)(F)C3)cc2)n1. The summed E-state index contributed by atoms with van der Waals surface area (Å²) in [6, 6.07) is 9.39. The van der Waals surface area contributed by atoms with E-state index in [1.54, 1.807) is 31.3 Å². The Morgan fingerprint density at radius 2 is 2.00 bits per heavy atom. The van der Waals surface area contributed by atoms with Gasteiger partial charge in [-0.2, -0.15) is 4.80 Å². The monoisotopic (exact) mass is 416 g/mol. The molecular formula is C20H19F3N6O. The maximum absolute atomic E-state index is 13.9. The van der Waals surface area contributed by atoms with Crippen LogP contribution in [0, 0.1) is 11.7 Å². The largest absolute Gasteiger partial charge is 0.310 e. The number of nitrogens with one attached hydrogen (secondary N) is 1. The summed E-state index contributed by atoms with van der Waals surface area (Å²) >= 11 is 0. The van der Waals surface area contributed by atoms with Crippen molar-refractivity contribution >= 4 is 11.7 Å². The maximum Gasteiger partial charge on any atom is 0.248 e. The van der Waals surface area contributed by atoms with E-state index in [0.29, 0.717) is 17.0 Å². The molecule has 3 aromatic rings. The van der Waals surface area contributed by atoms with Crippen molar-refractivity contribution in [3.63, 3.8) is 0 Å². The Morgan fingerprint density at radius 3 is 2.57 bits per heavy atom. The lowest BCUT2D eigenvalue weighted by Gasteiger charge is -2.23. The summed E-state index contributed by atoms with van der Waals surface area (Å²) in [5, 5.41) is 14.5. The van der Waals surface area contributed by atoms with Gasteiger partial charge in [-0.3, -0.25) is 4.79 Å². The zero-order valence-corrected chi connectivity index (χ0v) is 16.1. The van der Waals surface area contributed by atoms with E-state index in [1.165, 1.54) is 16.9 Å². The van der Waals surface area contributed by atoms with E-state index in [1.807, 2.05) is 0 Å². The number of aryl methyl sites for hydroxylation is 1. The average Bonchev–Trinajstić information content (AvgIpc) is 3.29. The van der Waals surface area contributed by atoms with Crippen molar-refractivity contribution in [2.45, 2.75) is 31.1 Å². The van der Waals surface area contributed by atoms with Gasteiger partial charge >= 0.3 is 0 Å². The molecule has 1 fully saturated rings. The molecule has 0 saturated heterocycles. The standard InChI is InChI=1S/C20H19F3N6O/c1-29-27-18(26-28-29)13-4-2-12(3-5-13)17(14-8-9-20(22,23)10-14)19(30)25-16-7-6-15(21)11-24-16/h2-7,11,14,17H,8-10H2,1H3,(H,24,25,30)/t14-,17+/m0/s1. The van der Waals surface area contributed by atoms with Crippen LogP contribution in [-0.4, -0.2) is 37.0 Å². The van der Waals surface area contributed by atoms with Crippen molar-refractivity contribution in [2.24, 2.45) is 13.0 Å². The molecule has 2 aromatic heterocycles. The molecule has 30 heavy (non-hydrogen) atoms. The molecule has 7 nitrogen and oxygen atoms in total. The van der Waals surface area contributed by atoms with Gasteiger partial charge in [0, 0.05) is 18.4 Å². The number of carbonyl (C=O) groups excluding carboxylic acids is 1. The summed E-state index contributed by atoms with van der Waals surface area (Å²) in [5.74, 6) is -4.52. The third-order valence-corrected chi connectivity index (χ3v) is 5.21. The Hall–Kier alpha value is -3.30. The molecule has 1 aliphatic carbocycles. The number of amides is 1. The second-order valence-corrected chi connectivity index (χ2v) is 7.41. The lowest BCUT2D eigenvalue weighted by molar-refractivity contribution is -0.118. The molecule has 10 heteroatoms.